The van der Waals surface area contributed by atoms with Crippen molar-refractivity contribution in [2.45, 2.75) is 19.8 Å². The third kappa shape index (κ3) is 3.15. The van der Waals surface area contributed by atoms with E-state index >= 15 is 0 Å². The largest absolute Gasteiger partial charge is 0.466 e. The zero-order chi connectivity index (χ0) is 17.1. The fourth-order valence-electron chi connectivity index (χ4n) is 3.21. The number of carbonyl (C=O) groups is 1. The number of rotatable bonds is 3. The van der Waals surface area contributed by atoms with Crippen LogP contribution < -0.4 is 4.90 Å². The van der Waals surface area contributed by atoms with E-state index < -0.39 is 0 Å². The molecule has 1 saturated heterocycles. The number of piperidine rings is 1. The second-order valence-corrected chi connectivity index (χ2v) is 6.27. The quantitative estimate of drug-likeness (QED) is 0.797. The molecule has 1 aliphatic rings. The Morgan fingerprint density at radius 2 is 2.38 bits per heavy atom. The van der Waals surface area contributed by atoms with Gasteiger partial charge in [0, 0.05) is 29.7 Å². The van der Waals surface area contributed by atoms with Crippen LogP contribution >= 0.6 is 11.6 Å². The van der Waals surface area contributed by atoms with E-state index in [1.54, 1.807) is 12.3 Å². The first kappa shape index (κ1) is 16.5. The molecule has 0 saturated carbocycles. The Labute approximate surface area is 145 Å². The molecule has 0 unspecified atom stereocenters. The van der Waals surface area contributed by atoms with E-state index in [1.165, 1.54) is 0 Å². The number of benzene rings is 1. The van der Waals surface area contributed by atoms with Crippen molar-refractivity contribution >= 4 is 34.2 Å². The van der Waals surface area contributed by atoms with Crippen LogP contribution in [0.25, 0.3) is 10.9 Å². The average Bonchev–Trinajstić information content (AvgIpc) is 2.60. The summed E-state index contributed by atoms with van der Waals surface area (Å²) in [6, 6.07) is 7.66. The van der Waals surface area contributed by atoms with Gasteiger partial charge in [0.25, 0.3) is 0 Å². The van der Waals surface area contributed by atoms with Gasteiger partial charge >= 0.3 is 5.97 Å². The second kappa shape index (κ2) is 7.06. The lowest BCUT2D eigenvalue weighted by Crippen LogP contribution is -2.40. The molecule has 2 heterocycles. The molecular weight excluding hydrogens is 326 g/mol. The Hall–Kier alpha value is -2.32. The van der Waals surface area contributed by atoms with Crippen LogP contribution in [-0.4, -0.2) is 30.6 Å². The fraction of sp³-hybridized carbons (Fsp3) is 0.389. The van der Waals surface area contributed by atoms with Crippen LogP contribution in [0.2, 0.25) is 5.02 Å². The van der Waals surface area contributed by atoms with E-state index in [1.807, 2.05) is 19.1 Å². The Balaban J connectivity index is 2.03. The van der Waals surface area contributed by atoms with Gasteiger partial charge in [0.05, 0.1) is 29.3 Å². The van der Waals surface area contributed by atoms with E-state index in [0.29, 0.717) is 23.7 Å². The van der Waals surface area contributed by atoms with Gasteiger partial charge in [-0.05, 0) is 38.0 Å². The SMILES string of the molecule is CCOC(=O)[C@H]1CCCN(c2c(C#N)cnc3ccc(Cl)cc23)C1. The average molecular weight is 344 g/mol. The number of pyridine rings is 1. The van der Waals surface area contributed by atoms with Gasteiger partial charge in [-0.3, -0.25) is 9.78 Å². The third-order valence-electron chi connectivity index (χ3n) is 4.28. The van der Waals surface area contributed by atoms with Gasteiger partial charge in [0.15, 0.2) is 0 Å². The topological polar surface area (TPSA) is 66.2 Å². The number of carbonyl (C=O) groups excluding carboxylic acids is 1. The Morgan fingerprint density at radius 1 is 1.54 bits per heavy atom. The summed E-state index contributed by atoms with van der Waals surface area (Å²) in [5, 5.41) is 10.9. The van der Waals surface area contributed by atoms with Crippen molar-refractivity contribution in [3.8, 4) is 6.07 Å². The van der Waals surface area contributed by atoms with Crippen molar-refractivity contribution in [1.29, 1.82) is 5.26 Å². The van der Waals surface area contributed by atoms with E-state index in [4.69, 9.17) is 16.3 Å². The highest BCUT2D eigenvalue weighted by atomic mass is 35.5. The molecule has 6 heteroatoms. The van der Waals surface area contributed by atoms with Gasteiger partial charge < -0.3 is 9.64 Å². The molecule has 0 aliphatic carbocycles. The van der Waals surface area contributed by atoms with Gasteiger partial charge in [-0.2, -0.15) is 5.26 Å². The van der Waals surface area contributed by atoms with Crippen LogP contribution in [0.15, 0.2) is 24.4 Å². The first-order valence-electron chi connectivity index (χ1n) is 8.04. The molecule has 3 rings (SSSR count). The number of halogens is 1. The molecule has 0 amide bonds. The molecule has 124 valence electrons. The lowest BCUT2D eigenvalue weighted by molar-refractivity contribution is -0.148. The number of ether oxygens (including phenoxy) is 1. The van der Waals surface area contributed by atoms with Crippen molar-refractivity contribution in [3.05, 3.63) is 35.0 Å². The predicted molar refractivity (Wildman–Crippen MR) is 93.0 cm³/mol. The van der Waals surface area contributed by atoms with Crippen LogP contribution in [0, 0.1) is 17.2 Å². The Morgan fingerprint density at radius 3 is 3.12 bits per heavy atom. The van der Waals surface area contributed by atoms with Crippen molar-refractivity contribution < 1.29 is 9.53 Å². The molecule has 0 bridgehead atoms. The summed E-state index contributed by atoms with van der Waals surface area (Å²) >= 11 is 6.14. The van der Waals surface area contributed by atoms with Crippen LogP contribution in [0.1, 0.15) is 25.3 Å². The van der Waals surface area contributed by atoms with Gasteiger partial charge in [-0.25, -0.2) is 0 Å². The molecule has 0 N–H and O–H groups in total. The normalized spacial score (nSPS) is 17.5. The zero-order valence-corrected chi connectivity index (χ0v) is 14.2. The second-order valence-electron chi connectivity index (χ2n) is 5.83. The van der Waals surface area contributed by atoms with E-state index in [-0.39, 0.29) is 11.9 Å². The standard InChI is InChI=1S/C18H18ClN3O2/c1-2-24-18(23)12-4-3-7-22(11-12)17-13(9-20)10-21-16-6-5-14(19)8-15(16)17/h5-6,8,10,12H,2-4,7,11H2,1H3/t12-/m0/s1. The van der Waals surface area contributed by atoms with Gasteiger partial charge in [-0.1, -0.05) is 11.6 Å². The summed E-state index contributed by atoms with van der Waals surface area (Å²) in [7, 11) is 0. The van der Waals surface area contributed by atoms with Crippen LogP contribution in [0.4, 0.5) is 5.69 Å². The number of nitrogens with zero attached hydrogens (tertiary/aromatic N) is 3. The number of esters is 1. The fourth-order valence-corrected chi connectivity index (χ4v) is 3.38. The summed E-state index contributed by atoms with van der Waals surface area (Å²) in [5.41, 5.74) is 2.08. The Bertz CT molecular complexity index is 816. The van der Waals surface area contributed by atoms with Crippen molar-refractivity contribution in [2.24, 2.45) is 5.92 Å². The lowest BCUT2D eigenvalue weighted by Gasteiger charge is -2.34. The maximum Gasteiger partial charge on any atom is 0.310 e. The summed E-state index contributed by atoms with van der Waals surface area (Å²) in [4.78, 5) is 18.5. The molecule has 24 heavy (non-hydrogen) atoms. The number of fused-ring (bicyclic) bond motifs is 1. The van der Waals surface area contributed by atoms with Crippen LogP contribution in [0.5, 0.6) is 0 Å². The first-order valence-corrected chi connectivity index (χ1v) is 8.41. The monoisotopic (exact) mass is 343 g/mol. The maximum atomic E-state index is 12.1. The van der Waals surface area contributed by atoms with E-state index in [0.717, 1.165) is 36.0 Å². The van der Waals surface area contributed by atoms with Crippen molar-refractivity contribution in [2.75, 3.05) is 24.6 Å². The van der Waals surface area contributed by atoms with Gasteiger partial charge in [0.2, 0.25) is 0 Å². The number of hydrogen-bond acceptors (Lipinski definition) is 5. The maximum absolute atomic E-state index is 12.1. The van der Waals surface area contributed by atoms with Crippen LogP contribution in [0.3, 0.4) is 0 Å². The molecular formula is C18H18ClN3O2. The van der Waals surface area contributed by atoms with Crippen molar-refractivity contribution in [1.82, 2.24) is 4.98 Å². The molecule has 2 aromatic rings. The summed E-state index contributed by atoms with van der Waals surface area (Å²) in [6.07, 6.45) is 3.26. The lowest BCUT2D eigenvalue weighted by atomic mass is 9.96. The molecule has 1 atom stereocenters. The molecule has 5 nitrogen and oxygen atoms in total. The van der Waals surface area contributed by atoms with E-state index in [2.05, 4.69) is 16.0 Å². The summed E-state index contributed by atoms with van der Waals surface area (Å²) < 4.78 is 5.16. The number of aromatic nitrogens is 1. The summed E-state index contributed by atoms with van der Waals surface area (Å²) in [6.45, 7) is 3.52. The van der Waals surface area contributed by atoms with E-state index in [9.17, 15) is 10.1 Å². The number of anilines is 1. The highest BCUT2D eigenvalue weighted by molar-refractivity contribution is 6.31. The van der Waals surface area contributed by atoms with Crippen molar-refractivity contribution in [3.63, 3.8) is 0 Å². The third-order valence-corrected chi connectivity index (χ3v) is 4.51. The summed E-state index contributed by atoms with van der Waals surface area (Å²) in [5.74, 6) is -0.343. The van der Waals surface area contributed by atoms with Crippen LogP contribution in [-0.2, 0) is 9.53 Å². The minimum atomic E-state index is -0.173. The zero-order valence-electron chi connectivity index (χ0n) is 13.5. The molecule has 1 aromatic carbocycles. The minimum Gasteiger partial charge on any atom is -0.466 e. The number of hydrogen-bond donors (Lipinski definition) is 0. The molecule has 0 spiro atoms. The molecule has 0 radical (unpaired) electrons. The molecule has 1 aromatic heterocycles. The Kier molecular flexibility index (Phi) is 4.86. The molecule has 1 aliphatic heterocycles. The highest BCUT2D eigenvalue weighted by Gasteiger charge is 2.29. The smallest absolute Gasteiger partial charge is 0.310 e. The minimum absolute atomic E-state index is 0.169. The number of nitriles is 1. The predicted octanol–water partition coefficient (Wildman–Crippen LogP) is 3.54. The van der Waals surface area contributed by atoms with Gasteiger partial charge in [0.1, 0.15) is 6.07 Å². The van der Waals surface area contributed by atoms with Gasteiger partial charge in [-0.15, -0.1) is 0 Å². The highest BCUT2D eigenvalue weighted by Crippen LogP contribution is 2.34. The molecule has 1 fully saturated rings. The first-order chi connectivity index (χ1) is 11.6.